The third-order valence-corrected chi connectivity index (χ3v) is 4.34. The molecule has 148 valence electrons. The third kappa shape index (κ3) is 4.93. The average Bonchev–Trinajstić information content (AvgIpc) is 2.74. The summed E-state index contributed by atoms with van der Waals surface area (Å²) >= 11 is 0. The predicted molar refractivity (Wildman–Crippen MR) is 113 cm³/mol. The zero-order valence-electron chi connectivity index (χ0n) is 16.5. The molecule has 3 rings (SSSR count). The van der Waals surface area contributed by atoms with E-state index in [9.17, 15) is 9.59 Å². The maximum atomic E-state index is 12.5. The highest BCUT2D eigenvalue weighted by Crippen LogP contribution is 2.29. The number of aryl methyl sites for hydroxylation is 1. The van der Waals surface area contributed by atoms with Crippen molar-refractivity contribution in [2.24, 2.45) is 0 Å². The van der Waals surface area contributed by atoms with Crippen molar-refractivity contribution in [1.82, 2.24) is 0 Å². The van der Waals surface area contributed by atoms with Crippen molar-refractivity contribution in [2.45, 2.75) is 6.92 Å². The second-order valence-electron chi connectivity index (χ2n) is 6.42. The first-order valence-electron chi connectivity index (χ1n) is 9.01. The summed E-state index contributed by atoms with van der Waals surface area (Å²) in [7, 11) is 3.08. The molecule has 0 fully saturated rings. The minimum absolute atomic E-state index is 0.237. The molecule has 0 atom stereocenters. The van der Waals surface area contributed by atoms with Gasteiger partial charge in [0.1, 0.15) is 11.5 Å². The average molecular weight is 390 g/mol. The van der Waals surface area contributed by atoms with Crippen molar-refractivity contribution in [3.63, 3.8) is 0 Å². The molecule has 2 N–H and O–H groups in total. The maximum Gasteiger partial charge on any atom is 0.255 e. The fourth-order valence-corrected chi connectivity index (χ4v) is 2.80. The number of rotatable bonds is 6. The van der Waals surface area contributed by atoms with Crippen LogP contribution >= 0.6 is 0 Å². The molecule has 3 aromatic rings. The maximum absolute atomic E-state index is 12.5. The van der Waals surface area contributed by atoms with Gasteiger partial charge in [0.15, 0.2) is 0 Å². The lowest BCUT2D eigenvalue weighted by Crippen LogP contribution is -2.14. The Morgan fingerprint density at radius 1 is 0.759 bits per heavy atom. The Labute approximate surface area is 169 Å². The summed E-state index contributed by atoms with van der Waals surface area (Å²) in [5, 5.41) is 5.65. The number of methoxy groups -OCH3 is 2. The fraction of sp³-hybridized carbons (Fsp3) is 0.130. The number of ether oxygens (including phenoxy) is 2. The second kappa shape index (κ2) is 8.93. The molecule has 0 radical (unpaired) electrons. The molecule has 0 unspecified atom stereocenters. The van der Waals surface area contributed by atoms with Crippen molar-refractivity contribution in [1.29, 1.82) is 0 Å². The summed E-state index contributed by atoms with van der Waals surface area (Å²) in [5.74, 6) is 0.578. The Bertz CT molecular complexity index is 1030. The standard InChI is InChI=1S/C23H22N2O4/c1-15-5-4-6-18(13-15)24-22(26)16-7-9-17(10-8-16)23(27)25-20-12-11-19(28-2)14-21(20)29-3/h4-14H,1-3H3,(H,24,26)(H,25,27). The summed E-state index contributed by atoms with van der Waals surface area (Å²) in [4.78, 5) is 24.9. The van der Waals surface area contributed by atoms with Crippen molar-refractivity contribution >= 4 is 23.2 Å². The van der Waals surface area contributed by atoms with E-state index < -0.39 is 0 Å². The summed E-state index contributed by atoms with van der Waals surface area (Å²) in [6, 6.07) is 19.1. The monoisotopic (exact) mass is 390 g/mol. The van der Waals surface area contributed by atoms with E-state index in [4.69, 9.17) is 9.47 Å². The van der Waals surface area contributed by atoms with Crippen LogP contribution in [0.15, 0.2) is 66.7 Å². The van der Waals surface area contributed by atoms with Crippen LogP contribution in [-0.2, 0) is 0 Å². The van der Waals surface area contributed by atoms with Gasteiger partial charge in [-0.3, -0.25) is 9.59 Å². The SMILES string of the molecule is COc1ccc(NC(=O)c2ccc(C(=O)Nc3cccc(C)c3)cc2)c(OC)c1. The number of carbonyl (C=O) groups excluding carboxylic acids is 2. The van der Waals surface area contributed by atoms with Gasteiger partial charge in [0.25, 0.3) is 11.8 Å². The van der Waals surface area contributed by atoms with Gasteiger partial charge in [-0.2, -0.15) is 0 Å². The van der Waals surface area contributed by atoms with E-state index in [-0.39, 0.29) is 11.8 Å². The zero-order valence-corrected chi connectivity index (χ0v) is 16.5. The van der Waals surface area contributed by atoms with Crippen LogP contribution in [0.25, 0.3) is 0 Å². The molecule has 0 bridgehead atoms. The number of amides is 2. The molecule has 0 aliphatic carbocycles. The van der Waals surface area contributed by atoms with Crippen molar-refractivity contribution in [3.8, 4) is 11.5 Å². The fourth-order valence-electron chi connectivity index (χ4n) is 2.80. The summed E-state index contributed by atoms with van der Waals surface area (Å²) in [5.41, 5.74) is 3.20. The van der Waals surface area contributed by atoms with Crippen LogP contribution in [0.3, 0.4) is 0 Å². The first-order chi connectivity index (χ1) is 14.0. The van der Waals surface area contributed by atoms with Crippen molar-refractivity contribution in [2.75, 3.05) is 24.9 Å². The Balaban J connectivity index is 1.69. The number of hydrogen-bond acceptors (Lipinski definition) is 4. The van der Waals surface area contributed by atoms with E-state index in [0.717, 1.165) is 11.3 Å². The highest BCUT2D eigenvalue weighted by molar-refractivity contribution is 6.07. The molecular formula is C23H22N2O4. The highest BCUT2D eigenvalue weighted by atomic mass is 16.5. The Hall–Kier alpha value is -3.80. The van der Waals surface area contributed by atoms with Crippen LogP contribution in [0, 0.1) is 6.92 Å². The van der Waals surface area contributed by atoms with Gasteiger partial charge in [-0.25, -0.2) is 0 Å². The smallest absolute Gasteiger partial charge is 0.255 e. The van der Waals surface area contributed by atoms with Gasteiger partial charge in [-0.05, 0) is 61.0 Å². The van der Waals surface area contributed by atoms with Gasteiger partial charge < -0.3 is 20.1 Å². The molecule has 2 amide bonds. The number of carbonyl (C=O) groups is 2. The van der Waals surface area contributed by atoms with Gasteiger partial charge in [0.2, 0.25) is 0 Å². The van der Waals surface area contributed by atoms with Crippen molar-refractivity contribution < 1.29 is 19.1 Å². The van der Waals surface area contributed by atoms with E-state index in [1.165, 1.54) is 7.11 Å². The first kappa shape index (κ1) is 19.9. The zero-order chi connectivity index (χ0) is 20.8. The lowest BCUT2D eigenvalue weighted by Gasteiger charge is -2.12. The molecule has 0 saturated heterocycles. The van der Waals surface area contributed by atoms with Crippen LogP contribution in [0.2, 0.25) is 0 Å². The van der Waals surface area contributed by atoms with Crippen LogP contribution in [-0.4, -0.2) is 26.0 Å². The molecule has 0 aliphatic heterocycles. The Kier molecular flexibility index (Phi) is 6.14. The van der Waals surface area contributed by atoms with E-state index in [1.54, 1.807) is 49.6 Å². The second-order valence-corrected chi connectivity index (χ2v) is 6.42. The molecule has 0 aromatic heterocycles. The lowest BCUT2D eigenvalue weighted by atomic mass is 10.1. The highest BCUT2D eigenvalue weighted by Gasteiger charge is 2.12. The molecule has 0 heterocycles. The molecule has 0 saturated carbocycles. The van der Waals surface area contributed by atoms with E-state index in [0.29, 0.717) is 28.3 Å². The molecule has 29 heavy (non-hydrogen) atoms. The number of hydrogen-bond donors (Lipinski definition) is 2. The number of anilines is 2. The number of nitrogens with one attached hydrogen (secondary N) is 2. The topological polar surface area (TPSA) is 76.7 Å². The lowest BCUT2D eigenvalue weighted by molar-refractivity contribution is 0.101. The summed E-state index contributed by atoms with van der Waals surface area (Å²) in [6.45, 7) is 1.96. The van der Waals surface area contributed by atoms with Crippen LogP contribution in [0.4, 0.5) is 11.4 Å². The minimum atomic E-state index is -0.306. The van der Waals surface area contributed by atoms with Crippen molar-refractivity contribution in [3.05, 3.63) is 83.4 Å². The van der Waals surface area contributed by atoms with Gasteiger partial charge in [0.05, 0.1) is 19.9 Å². The van der Waals surface area contributed by atoms with Gasteiger partial charge in [-0.1, -0.05) is 12.1 Å². The van der Waals surface area contributed by atoms with Crippen LogP contribution < -0.4 is 20.1 Å². The summed E-state index contributed by atoms with van der Waals surface area (Å²) in [6.07, 6.45) is 0. The van der Waals surface area contributed by atoms with Crippen LogP contribution in [0.1, 0.15) is 26.3 Å². The molecule has 6 heteroatoms. The Morgan fingerprint density at radius 3 is 2.00 bits per heavy atom. The molecule has 0 aliphatic rings. The van der Waals surface area contributed by atoms with Crippen LogP contribution in [0.5, 0.6) is 11.5 Å². The molecule has 0 spiro atoms. The largest absolute Gasteiger partial charge is 0.497 e. The Morgan fingerprint density at radius 2 is 1.41 bits per heavy atom. The third-order valence-electron chi connectivity index (χ3n) is 4.34. The molecular weight excluding hydrogens is 368 g/mol. The number of benzene rings is 3. The minimum Gasteiger partial charge on any atom is -0.497 e. The quantitative estimate of drug-likeness (QED) is 0.649. The molecule has 3 aromatic carbocycles. The first-order valence-corrected chi connectivity index (χ1v) is 9.01. The van der Waals surface area contributed by atoms with Gasteiger partial charge in [-0.15, -0.1) is 0 Å². The van der Waals surface area contributed by atoms with Gasteiger partial charge in [0, 0.05) is 22.9 Å². The van der Waals surface area contributed by atoms with E-state index in [1.807, 2.05) is 31.2 Å². The predicted octanol–water partition coefficient (Wildman–Crippen LogP) is 4.52. The van der Waals surface area contributed by atoms with E-state index in [2.05, 4.69) is 10.6 Å². The van der Waals surface area contributed by atoms with E-state index >= 15 is 0 Å². The summed E-state index contributed by atoms with van der Waals surface area (Å²) < 4.78 is 10.4. The normalized spacial score (nSPS) is 10.2. The van der Waals surface area contributed by atoms with Gasteiger partial charge >= 0.3 is 0 Å². The molecule has 6 nitrogen and oxygen atoms in total.